The van der Waals surface area contributed by atoms with Crippen molar-refractivity contribution in [2.24, 2.45) is 34.0 Å². The van der Waals surface area contributed by atoms with Gasteiger partial charge in [-0.25, -0.2) is 0 Å². The second-order valence-corrected chi connectivity index (χ2v) is 17.5. The van der Waals surface area contributed by atoms with Gasteiger partial charge in [0.1, 0.15) is 11.6 Å². The molecule has 3 saturated carbocycles. The molecule has 0 radical (unpaired) electrons. The van der Waals surface area contributed by atoms with E-state index in [4.69, 9.17) is 4.43 Å². The zero-order valence-corrected chi connectivity index (χ0v) is 21.9. The van der Waals surface area contributed by atoms with E-state index in [9.17, 15) is 9.59 Å². The van der Waals surface area contributed by atoms with Gasteiger partial charge in [-0.15, -0.1) is 6.58 Å². The summed E-state index contributed by atoms with van der Waals surface area (Å²) in [5.41, 5.74) is -1.08. The number of Topliss-reactive ketones (excluding diaryl/α,β-unsaturated/α-hetero) is 2. The molecule has 4 heteroatoms. The number of carbonyl (C=O) groups excluding carboxylic acids is 2. The number of ketones is 2. The molecule has 2 bridgehead atoms. The van der Waals surface area contributed by atoms with Gasteiger partial charge in [-0.05, 0) is 62.1 Å². The van der Waals surface area contributed by atoms with E-state index in [-0.39, 0.29) is 39.6 Å². The zero-order valence-electron chi connectivity index (χ0n) is 20.9. The van der Waals surface area contributed by atoms with Crippen molar-refractivity contribution < 1.29 is 14.0 Å². The maximum Gasteiger partial charge on any atom is 0.192 e. The van der Waals surface area contributed by atoms with E-state index in [2.05, 4.69) is 68.1 Å². The summed E-state index contributed by atoms with van der Waals surface area (Å²) in [5.74, 6) is 0.837. The molecular formula is C26H44O3Si. The van der Waals surface area contributed by atoms with Gasteiger partial charge >= 0.3 is 0 Å². The standard InChI is InChI=1S/C26H44O3Si/c1-11-24(7)16-20(29-30(9,10)23(4,5)6)25(8)17(2)12-14-26(18(3)22(24)28)15-13-19(27)21(25)26/h11,17-18,20-21H,1,12-16H2,2-10H3/t17-,18-,20+,21-,24+,25+,26+/m0/s1. The maximum atomic E-state index is 13.9. The van der Waals surface area contributed by atoms with Crippen molar-refractivity contribution in [1.82, 2.24) is 0 Å². The highest BCUT2D eigenvalue weighted by molar-refractivity contribution is 6.74. The van der Waals surface area contributed by atoms with Gasteiger partial charge in [-0.1, -0.05) is 47.6 Å². The molecule has 0 heterocycles. The summed E-state index contributed by atoms with van der Waals surface area (Å²) in [5, 5.41) is 0.0717. The van der Waals surface area contributed by atoms with Crippen molar-refractivity contribution in [3.05, 3.63) is 12.7 Å². The predicted molar refractivity (Wildman–Crippen MR) is 126 cm³/mol. The molecule has 3 fully saturated rings. The molecule has 0 unspecified atom stereocenters. The van der Waals surface area contributed by atoms with Crippen LogP contribution in [-0.2, 0) is 14.0 Å². The van der Waals surface area contributed by atoms with E-state index in [1.807, 2.05) is 6.08 Å². The Kier molecular flexibility index (Phi) is 5.68. The van der Waals surface area contributed by atoms with Crippen LogP contribution in [0.4, 0.5) is 0 Å². The Bertz CT molecular complexity index is 750. The quantitative estimate of drug-likeness (QED) is 0.374. The highest BCUT2D eigenvalue weighted by Crippen LogP contribution is 2.67. The Morgan fingerprint density at radius 3 is 2.27 bits per heavy atom. The molecule has 0 aliphatic heterocycles. The van der Waals surface area contributed by atoms with Gasteiger partial charge < -0.3 is 4.43 Å². The Morgan fingerprint density at radius 2 is 1.73 bits per heavy atom. The molecule has 0 aromatic carbocycles. The SMILES string of the molecule is C=C[C@]1(C)C[C@@H](O[Si](C)(C)C(C)(C)C)[C@]2(C)[C@@H]3C(=O)CC[C@]3(CC[C@@H]2C)[C@@H](C)C1=O. The van der Waals surface area contributed by atoms with Crippen LogP contribution < -0.4 is 0 Å². The van der Waals surface area contributed by atoms with Crippen molar-refractivity contribution in [3.63, 3.8) is 0 Å². The Hall–Kier alpha value is -0.743. The van der Waals surface area contributed by atoms with Crippen molar-refractivity contribution in [3.8, 4) is 0 Å². The van der Waals surface area contributed by atoms with Crippen LogP contribution in [0.1, 0.15) is 80.6 Å². The first-order chi connectivity index (χ1) is 13.6. The summed E-state index contributed by atoms with van der Waals surface area (Å²) in [6.45, 7) is 24.3. The Labute approximate surface area is 185 Å². The summed E-state index contributed by atoms with van der Waals surface area (Å²) >= 11 is 0. The fourth-order valence-corrected chi connectivity index (χ4v) is 8.22. The van der Waals surface area contributed by atoms with Crippen LogP contribution in [-0.4, -0.2) is 26.0 Å². The number of hydrogen-bond acceptors (Lipinski definition) is 3. The fourth-order valence-electron chi connectivity index (χ4n) is 6.81. The van der Waals surface area contributed by atoms with Crippen LogP contribution in [0, 0.1) is 34.0 Å². The highest BCUT2D eigenvalue weighted by atomic mass is 28.4. The molecule has 0 amide bonds. The van der Waals surface area contributed by atoms with E-state index < -0.39 is 13.7 Å². The van der Waals surface area contributed by atoms with Gasteiger partial charge in [-0.3, -0.25) is 9.59 Å². The van der Waals surface area contributed by atoms with Crippen molar-refractivity contribution in [2.45, 2.75) is 105 Å². The molecule has 3 rings (SSSR count). The maximum absolute atomic E-state index is 13.9. The first kappa shape index (κ1) is 23.9. The average Bonchev–Trinajstić information content (AvgIpc) is 3.00. The smallest absolute Gasteiger partial charge is 0.192 e. The van der Waals surface area contributed by atoms with Crippen LogP contribution in [0.2, 0.25) is 18.1 Å². The molecule has 3 aliphatic carbocycles. The third-order valence-electron chi connectivity index (χ3n) is 10.3. The van der Waals surface area contributed by atoms with E-state index in [1.54, 1.807) is 0 Å². The molecule has 0 aromatic rings. The lowest BCUT2D eigenvalue weighted by Crippen LogP contribution is -2.63. The lowest BCUT2D eigenvalue weighted by Gasteiger charge is -2.61. The van der Waals surface area contributed by atoms with E-state index in [0.29, 0.717) is 24.5 Å². The number of rotatable bonds is 3. The van der Waals surface area contributed by atoms with Crippen molar-refractivity contribution in [2.75, 3.05) is 0 Å². The van der Waals surface area contributed by atoms with Gasteiger partial charge in [0.2, 0.25) is 0 Å². The topological polar surface area (TPSA) is 43.4 Å². The monoisotopic (exact) mass is 432 g/mol. The number of hydrogen-bond donors (Lipinski definition) is 0. The Balaban J connectivity index is 2.23. The van der Waals surface area contributed by atoms with Gasteiger partial charge in [0.05, 0.1) is 6.10 Å². The lowest BCUT2D eigenvalue weighted by atomic mass is 9.44. The van der Waals surface area contributed by atoms with Crippen LogP contribution in [0.5, 0.6) is 0 Å². The summed E-state index contributed by atoms with van der Waals surface area (Å²) in [4.78, 5) is 27.3. The van der Waals surface area contributed by atoms with Gasteiger partial charge in [0.25, 0.3) is 0 Å². The second kappa shape index (κ2) is 7.13. The second-order valence-electron chi connectivity index (χ2n) is 12.7. The van der Waals surface area contributed by atoms with Gasteiger partial charge in [-0.2, -0.15) is 0 Å². The summed E-state index contributed by atoms with van der Waals surface area (Å²) in [6, 6.07) is 0. The lowest BCUT2D eigenvalue weighted by molar-refractivity contribution is -0.173. The third kappa shape index (κ3) is 3.15. The van der Waals surface area contributed by atoms with Crippen LogP contribution in [0.25, 0.3) is 0 Å². The van der Waals surface area contributed by atoms with Crippen LogP contribution in [0.3, 0.4) is 0 Å². The molecule has 3 nitrogen and oxygen atoms in total. The first-order valence-corrected chi connectivity index (χ1v) is 14.9. The minimum absolute atomic E-state index is 0.0717. The van der Waals surface area contributed by atoms with Gasteiger partial charge in [0.15, 0.2) is 8.32 Å². The van der Waals surface area contributed by atoms with Gasteiger partial charge in [0, 0.05) is 29.1 Å². The minimum Gasteiger partial charge on any atom is -0.413 e. The van der Waals surface area contributed by atoms with Crippen molar-refractivity contribution in [1.29, 1.82) is 0 Å². The largest absolute Gasteiger partial charge is 0.413 e. The molecule has 0 saturated heterocycles. The molecular weight excluding hydrogens is 388 g/mol. The molecule has 0 spiro atoms. The van der Waals surface area contributed by atoms with E-state index in [1.165, 1.54) is 0 Å². The van der Waals surface area contributed by atoms with Crippen LogP contribution in [0.15, 0.2) is 12.7 Å². The Morgan fingerprint density at radius 1 is 1.13 bits per heavy atom. The summed E-state index contributed by atoms with van der Waals surface area (Å²) < 4.78 is 7.16. The predicted octanol–water partition coefficient (Wildman–Crippen LogP) is 6.58. The van der Waals surface area contributed by atoms with E-state index >= 15 is 0 Å². The van der Waals surface area contributed by atoms with E-state index in [0.717, 1.165) is 19.3 Å². The fraction of sp³-hybridized carbons (Fsp3) is 0.846. The molecule has 30 heavy (non-hydrogen) atoms. The molecule has 3 aliphatic rings. The molecule has 0 aromatic heterocycles. The third-order valence-corrected chi connectivity index (χ3v) is 14.8. The molecule has 0 N–H and O–H groups in total. The normalized spacial score (nSPS) is 45.0. The first-order valence-electron chi connectivity index (χ1n) is 12.0. The molecule has 7 atom stereocenters. The number of allylic oxidation sites excluding steroid dienone is 1. The highest BCUT2D eigenvalue weighted by Gasteiger charge is 2.68. The summed E-state index contributed by atoms with van der Waals surface area (Å²) in [7, 11) is -2.10. The minimum atomic E-state index is -2.10. The van der Waals surface area contributed by atoms with Crippen molar-refractivity contribution >= 4 is 19.9 Å². The number of carbonyl (C=O) groups is 2. The zero-order chi connectivity index (χ0) is 22.9. The van der Waals surface area contributed by atoms with Crippen LogP contribution >= 0.6 is 0 Å². The summed E-state index contributed by atoms with van der Waals surface area (Å²) in [6.07, 6.45) is 5.90. The average molecular weight is 433 g/mol. The molecule has 170 valence electrons.